The highest BCUT2D eigenvalue weighted by Gasteiger charge is 2.29. The molecule has 0 bridgehead atoms. The fraction of sp³-hybridized carbons (Fsp3) is 0.786. The summed E-state index contributed by atoms with van der Waals surface area (Å²) >= 11 is 0. The van der Waals surface area contributed by atoms with Crippen molar-refractivity contribution in [2.24, 2.45) is 5.92 Å². The summed E-state index contributed by atoms with van der Waals surface area (Å²) in [6.45, 7) is 9.83. The summed E-state index contributed by atoms with van der Waals surface area (Å²) in [4.78, 5) is 0. The normalized spacial score (nSPS) is 21.9. The van der Waals surface area contributed by atoms with Gasteiger partial charge < -0.3 is 9.47 Å². The largest absolute Gasteiger partial charge is 0.491 e. The van der Waals surface area contributed by atoms with Crippen molar-refractivity contribution in [3.63, 3.8) is 0 Å². The number of hydrazine groups is 1. The van der Waals surface area contributed by atoms with Crippen molar-refractivity contribution in [3.8, 4) is 0 Å². The summed E-state index contributed by atoms with van der Waals surface area (Å²) in [6, 6.07) is 0.559. The smallest absolute Gasteiger partial charge is 0.156 e. The second-order valence-corrected chi connectivity index (χ2v) is 5.04. The predicted octanol–water partition coefficient (Wildman–Crippen LogP) is 1.94. The summed E-state index contributed by atoms with van der Waals surface area (Å²) in [7, 11) is 3.42. The van der Waals surface area contributed by atoms with E-state index in [-0.39, 0.29) is 6.04 Å². The van der Waals surface area contributed by atoms with E-state index in [9.17, 15) is 0 Å². The molecule has 0 spiro atoms. The molecule has 0 aromatic carbocycles. The third-order valence-corrected chi connectivity index (χ3v) is 3.38. The predicted molar refractivity (Wildman–Crippen MR) is 73.0 cm³/mol. The first-order valence-electron chi connectivity index (χ1n) is 6.59. The zero-order chi connectivity index (χ0) is 13.5. The molecule has 0 aromatic heterocycles. The lowest BCUT2D eigenvalue weighted by Gasteiger charge is -2.32. The number of rotatable bonds is 7. The lowest BCUT2D eigenvalue weighted by Crippen LogP contribution is -2.51. The van der Waals surface area contributed by atoms with Crippen LogP contribution in [0.4, 0.5) is 0 Å². The van der Waals surface area contributed by atoms with Gasteiger partial charge in [-0.25, -0.2) is 10.4 Å². The maximum absolute atomic E-state index is 5.35. The molecule has 4 nitrogen and oxygen atoms in total. The lowest BCUT2D eigenvalue weighted by atomic mass is 10.0. The quantitative estimate of drug-likeness (QED) is 0.556. The average molecular weight is 254 g/mol. The van der Waals surface area contributed by atoms with Crippen LogP contribution < -0.4 is 5.43 Å². The molecular weight excluding hydrogens is 228 g/mol. The Morgan fingerprint density at radius 3 is 2.72 bits per heavy atom. The van der Waals surface area contributed by atoms with Crippen LogP contribution in [0.1, 0.15) is 26.7 Å². The van der Waals surface area contributed by atoms with Gasteiger partial charge in [0.25, 0.3) is 0 Å². The van der Waals surface area contributed by atoms with Crippen LogP contribution in [0.2, 0.25) is 0 Å². The molecule has 1 aliphatic rings. The fourth-order valence-electron chi connectivity index (χ4n) is 2.37. The van der Waals surface area contributed by atoms with Gasteiger partial charge in [0.1, 0.15) is 0 Å². The molecule has 1 N–H and O–H groups in total. The minimum Gasteiger partial charge on any atom is -0.491 e. The van der Waals surface area contributed by atoms with E-state index in [0.717, 1.165) is 18.9 Å². The van der Waals surface area contributed by atoms with Crippen LogP contribution >= 0.6 is 0 Å². The molecule has 0 saturated carbocycles. The van der Waals surface area contributed by atoms with Crippen molar-refractivity contribution in [3.05, 3.63) is 18.1 Å². The molecule has 0 aromatic rings. The summed E-state index contributed by atoms with van der Waals surface area (Å²) in [5, 5.41) is 2.27. The molecule has 0 unspecified atom stereocenters. The van der Waals surface area contributed by atoms with Crippen LogP contribution in [0.15, 0.2) is 18.1 Å². The number of nitrogens with zero attached hydrogens (tertiary/aromatic N) is 1. The van der Waals surface area contributed by atoms with Gasteiger partial charge in [-0.1, -0.05) is 26.2 Å². The Bertz CT molecular complexity index is 298. The molecule has 1 fully saturated rings. The van der Waals surface area contributed by atoms with Gasteiger partial charge in [-0.3, -0.25) is 0 Å². The Labute approximate surface area is 111 Å². The Hall–Kier alpha value is -0.800. The third-order valence-electron chi connectivity index (χ3n) is 3.38. The molecule has 0 amide bonds. The molecule has 2 atom stereocenters. The highest BCUT2D eigenvalue weighted by atomic mass is 16.5. The maximum atomic E-state index is 5.35. The van der Waals surface area contributed by atoms with Gasteiger partial charge in [0.15, 0.2) is 5.76 Å². The summed E-state index contributed by atoms with van der Waals surface area (Å²) in [5.41, 5.74) is 6.42. The van der Waals surface area contributed by atoms with Gasteiger partial charge in [-0.2, -0.15) is 0 Å². The molecular formula is C14H26N2O2. The van der Waals surface area contributed by atoms with E-state index in [0.29, 0.717) is 12.0 Å². The van der Waals surface area contributed by atoms with E-state index in [1.807, 2.05) is 0 Å². The summed E-state index contributed by atoms with van der Waals surface area (Å²) in [6.07, 6.45) is 2.37. The standard InChI is InChI=1S/C14H26N2O2/c1-6-13(18-5)14(11(2)3)15-16-9-7-8-12(16)10-17-4/h11-12,14-15H,1,7-10H2,2-5H3/t12-,14-/m0/s1. The third kappa shape index (κ3) is 3.85. The number of nitrogens with one attached hydrogen (secondary N) is 1. The second-order valence-electron chi connectivity index (χ2n) is 5.04. The van der Waals surface area contributed by atoms with Crippen molar-refractivity contribution in [2.45, 2.75) is 38.8 Å². The summed E-state index contributed by atoms with van der Waals surface area (Å²) in [5.74, 6) is 1.19. The number of hydrogen-bond acceptors (Lipinski definition) is 4. The van der Waals surface area contributed by atoms with Crippen molar-refractivity contribution in [1.82, 2.24) is 10.4 Å². The van der Waals surface area contributed by atoms with Crippen LogP contribution in [0, 0.1) is 5.92 Å². The zero-order valence-electron chi connectivity index (χ0n) is 12.0. The molecule has 1 rings (SSSR count). The van der Waals surface area contributed by atoms with Gasteiger partial charge in [0.2, 0.25) is 0 Å². The summed E-state index contributed by atoms with van der Waals surface area (Å²) < 4.78 is 10.6. The first-order valence-corrected chi connectivity index (χ1v) is 6.59. The molecule has 18 heavy (non-hydrogen) atoms. The van der Waals surface area contributed by atoms with Crippen LogP contribution in [-0.4, -0.2) is 44.5 Å². The Kier molecular flexibility index (Phi) is 6.44. The monoisotopic (exact) mass is 254 g/mol. The lowest BCUT2D eigenvalue weighted by molar-refractivity contribution is 0.0588. The van der Waals surface area contributed by atoms with E-state index in [1.165, 1.54) is 12.8 Å². The van der Waals surface area contributed by atoms with E-state index in [2.05, 4.69) is 36.6 Å². The Morgan fingerprint density at radius 2 is 2.22 bits per heavy atom. The number of methoxy groups -OCH3 is 2. The highest BCUT2D eigenvalue weighted by molar-refractivity contribution is 5.02. The number of hydrogen-bond donors (Lipinski definition) is 1. The van der Waals surface area contributed by atoms with Crippen molar-refractivity contribution >= 4 is 0 Å². The minimum atomic E-state index is 0.116. The van der Waals surface area contributed by atoms with Gasteiger partial charge >= 0.3 is 0 Å². The van der Waals surface area contributed by atoms with Crippen molar-refractivity contribution in [2.75, 3.05) is 27.4 Å². The van der Waals surface area contributed by atoms with Gasteiger partial charge in [0.05, 0.1) is 19.8 Å². The van der Waals surface area contributed by atoms with E-state index >= 15 is 0 Å². The van der Waals surface area contributed by atoms with E-state index < -0.39 is 0 Å². The topological polar surface area (TPSA) is 33.7 Å². The zero-order valence-corrected chi connectivity index (χ0v) is 12.0. The van der Waals surface area contributed by atoms with Gasteiger partial charge in [-0.15, -0.1) is 0 Å². The van der Waals surface area contributed by atoms with E-state index in [4.69, 9.17) is 9.47 Å². The SMILES string of the molecule is C=C=C(OC)[C@@H](NN1CCC[C@H]1COC)C(C)C. The first-order chi connectivity index (χ1) is 8.63. The van der Waals surface area contributed by atoms with Crippen LogP contribution in [0.25, 0.3) is 0 Å². The van der Waals surface area contributed by atoms with Crippen LogP contribution in [-0.2, 0) is 9.47 Å². The van der Waals surface area contributed by atoms with Gasteiger partial charge in [-0.05, 0) is 18.8 Å². The minimum absolute atomic E-state index is 0.116. The molecule has 1 saturated heterocycles. The van der Waals surface area contributed by atoms with Crippen molar-refractivity contribution in [1.29, 1.82) is 0 Å². The van der Waals surface area contributed by atoms with Crippen molar-refractivity contribution < 1.29 is 9.47 Å². The molecule has 1 heterocycles. The molecule has 0 radical (unpaired) electrons. The fourth-order valence-corrected chi connectivity index (χ4v) is 2.37. The maximum Gasteiger partial charge on any atom is 0.156 e. The molecule has 1 aliphatic heterocycles. The van der Waals surface area contributed by atoms with E-state index in [1.54, 1.807) is 14.2 Å². The Balaban J connectivity index is 2.68. The second kappa shape index (κ2) is 7.59. The Morgan fingerprint density at radius 1 is 1.50 bits per heavy atom. The molecule has 0 aliphatic carbocycles. The van der Waals surface area contributed by atoms with Crippen LogP contribution in [0.3, 0.4) is 0 Å². The van der Waals surface area contributed by atoms with Crippen LogP contribution in [0.5, 0.6) is 0 Å². The number of ether oxygens (including phenoxy) is 2. The van der Waals surface area contributed by atoms with Gasteiger partial charge in [0, 0.05) is 19.7 Å². The highest BCUT2D eigenvalue weighted by Crippen LogP contribution is 2.19. The average Bonchev–Trinajstić information content (AvgIpc) is 2.77. The first kappa shape index (κ1) is 15.3. The molecule has 4 heteroatoms. The molecule has 104 valence electrons.